The van der Waals surface area contributed by atoms with Gasteiger partial charge in [-0.2, -0.15) is 5.10 Å². The molecule has 0 saturated carbocycles. The highest BCUT2D eigenvalue weighted by molar-refractivity contribution is 5.40. The third-order valence-corrected chi connectivity index (χ3v) is 4.51. The third kappa shape index (κ3) is 5.57. The monoisotopic (exact) mass is 380 g/mol. The van der Waals surface area contributed by atoms with Gasteiger partial charge < -0.3 is 14.8 Å². The van der Waals surface area contributed by atoms with E-state index in [4.69, 9.17) is 9.47 Å². The Balaban J connectivity index is 1.53. The zero-order valence-electron chi connectivity index (χ0n) is 16.8. The quantitative estimate of drug-likeness (QED) is 0.544. The zero-order valence-corrected chi connectivity index (χ0v) is 16.8. The lowest BCUT2D eigenvalue weighted by Crippen LogP contribution is -2.18. The second-order valence-electron chi connectivity index (χ2n) is 6.76. The lowest BCUT2D eigenvalue weighted by Gasteiger charge is -2.14. The molecule has 1 aromatic carbocycles. The van der Waals surface area contributed by atoms with Gasteiger partial charge in [0.1, 0.15) is 18.1 Å². The number of ether oxygens (including phenoxy) is 2. The van der Waals surface area contributed by atoms with E-state index < -0.39 is 0 Å². The van der Waals surface area contributed by atoms with Gasteiger partial charge in [0.15, 0.2) is 0 Å². The molecule has 3 rings (SSSR count). The number of aromatic nitrogens is 3. The summed E-state index contributed by atoms with van der Waals surface area (Å²) in [4.78, 5) is 4.31. The molecule has 28 heavy (non-hydrogen) atoms. The van der Waals surface area contributed by atoms with Crippen LogP contribution >= 0.6 is 0 Å². The van der Waals surface area contributed by atoms with Crippen molar-refractivity contribution in [2.45, 2.75) is 40.0 Å². The van der Waals surface area contributed by atoms with Crippen LogP contribution in [0.1, 0.15) is 29.1 Å². The maximum absolute atomic E-state index is 6.00. The molecule has 0 spiro atoms. The molecule has 0 saturated heterocycles. The van der Waals surface area contributed by atoms with E-state index in [0.717, 1.165) is 48.0 Å². The van der Waals surface area contributed by atoms with Gasteiger partial charge in [0.25, 0.3) is 0 Å². The molecule has 6 nitrogen and oxygen atoms in total. The van der Waals surface area contributed by atoms with Gasteiger partial charge >= 0.3 is 0 Å². The van der Waals surface area contributed by atoms with E-state index in [-0.39, 0.29) is 0 Å². The van der Waals surface area contributed by atoms with Crippen molar-refractivity contribution in [2.75, 3.05) is 13.7 Å². The first-order chi connectivity index (χ1) is 13.7. The van der Waals surface area contributed by atoms with E-state index in [1.54, 1.807) is 13.3 Å². The van der Waals surface area contributed by atoms with E-state index in [9.17, 15) is 0 Å². The minimum absolute atomic E-state index is 0.443. The van der Waals surface area contributed by atoms with Crippen molar-refractivity contribution in [3.63, 3.8) is 0 Å². The zero-order chi connectivity index (χ0) is 19.8. The molecule has 0 aliphatic rings. The molecule has 2 heterocycles. The molecular formula is C22H28N4O2. The maximum atomic E-state index is 6.00. The van der Waals surface area contributed by atoms with Gasteiger partial charge in [-0.3, -0.25) is 9.67 Å². The summed E-state index contributed by atoms with van der Waals surface area (Å²) in [5, 5.41) is 8.00. The Kier molecular flexibility index (Phi) is 7.03. The van der Waals surface area contributed by atoms with Gasteiger partial charge in [-0.25, -0.2) is 0 Å². The normalized spacial score (nSPS) is 10.8. The topological polar surface area (TPSA) is 61.2 Å². The highest BCUT2D eigenvalue weighted by Gasteiger charge is 2.07. The summed E-state index contributed by atoms with van der Waals surface area (Å²) in [7, 11) is 1.68. The molecule has 0 unspecified atom stereocenters. The number of pyridine rings is 1. The number of hydrogen-bond acceptors (Lipinski definition) is 5. The van der Waals surface area contributed by atoms with Crippen LogP contribution in [0.25, 0.3) is 0 Å². The van der Waals surface area contributed by atoms with E-state index in [1.807, 2.05) is 43.3 Å². The van der Waals surface area contributed by atoms with Crippen molar-refractivity contribution in [1.82, 2.24) is 20.1 Å². The molecular weight excluding hydrogens is 352 g/mol. The summed E-state index contributed by atoms with van der Waals surface area (Å²) in [6, 6.07) is 13.8. The van der Waals surface area contributed by atoms with Crippen LogP contribution in [0, 0.1) is 13.8 Å². The average Bonchev–Trinajstić information content (AvgIpc) is 3.04. The van der Waals surface area contributed by atoms with Crippen molar-refractivity contribution in [1.29, 1.82) is 0 Å². The first-order valence-corrected chi connectivity index (χ1v) is 9.57. The summed E-state index contributed by atoms with van der Waals surface area (Å²) in [5.41, 5.74) is 4.25. The summed E-state index contributed by atoms with van der Waals surface area (Å²) >= 11 is 0. The second-order valence-corrected chi connectivity index (χ2v) is 6.76. The highest BCUT2D eigenvalue weighted by Crippen LogP contribution is 2.25. The molecule has 0 aliphatic carbocycles. The summed E-state index contributed by atoms with van der Waals surface area (Å²) < 4.78 is 13.4. The summed E-state index contributed by atoms with van der Waals surface area (Å²) in [5.74, 6) is 1.67. The van der Waals surface area contributed by atoms with Crippen LogP contribution in [0.4, 0.5) is 0 Å². The number of benzene rings is 1. The van der Waals surface area contributed by atoms with Crippen LogP contribution in [-0.4, -0.2) is 28.4 Å². The molecule has 0 aliphatic heterocycles. The standard InChI is InChI=1S/C22H28N4O2/c1-17-13-18(2)26(25-17)12-6-10-23-15-19-14-21(27-3)8-9-22(19)28-16-20-7-4-5-11-24-20/h4-5,7-9,11,13-14,23H,6,10,12,15-16H2,1-3H3. The number of methoxy groups -OCH3 is 1. The van der Waals surface area contributed by atoms with Crippen molar-refractivity contribution < 1.29 is 9.47 Å². The van der Waals surface area contributed by atoms with Crippen LogP contribution in [0.5, 0.6) is 11.5 Å². The SMILES string of the molecule is COc1ccc(OCc2ccccn2)c(CNCCCn2nc(C)cc2C)c1. The molecule has 6 heteroatoms. The van der Waals surface area contributed by atoms with E-state index in [0.29, 0.717) is 13.2 Å². The molecule has 3 aromatic rings. The molecule has 0 fully saturated rings. The first-order valence-electron chi connectivity index (χ1n) is 9.57. The van der Waals surface area contributed by atoms with Gasteiger partial charge in [-0.05, 0) is 63.2 Å². The Labute approximate surface area is 166 Å². The van der Waals surface area contributed by atoms with Gasteiger partial charge in [-0.1, -0.05) is 6.07 Å². The Bertz CT molecular complexity index is 877. The van der Waals surface area contributed by atoms with Gasteiger partial charge in [0.05, 0.1) is 18.5 Å². The molecule has 148 valence electrons. The van der Waals surface area contributed by atoms with Gasteiger partial charge in [-0.15, -0.1) is 0 Å². The smallest absolute Gasteiger partial charge is 0.130 e. The van der Waals surface area contributed by atoms with Crippen molar-refractivity contribution in [2.24, 2.45) is 0 Å². The van der Waals surface area contributed by atoms with Crippen molar-refractivity contribution >= 4 is 0 Å². The second kappa shape index (κ2) is 9.90. The van der Waals surface area contributed by atoms with Crippen LogP contribution in [0.15, 0.2) is 48.7 Å². The van der Waals surface area contributed by atoms with Crippen molar-refractivity contribution in [3.8, 4) is 11.5 Å². The van der Waals surface area contributed by atoms with E-state index in [2.05, 4.69) is 33.1 Å². The molecule has 0 radical (unpaired) electrons. The highest BCUT2D eigenvalue weighted by atomic mass is 16.5. The fourth-order valence-corrected chi connectivity index (χ4v) is 3.08. The molecule has 2 aromatic heterocycles. The fraction of sp³-hybridized carbons (Fsp3) is 0.364. The molecule has 1 N–H and O–H groups in total. The first kappa shape index (κ1) is 19.9. The van der Waals surface area contributed by atoms with Crippen LogP contribution in [0.2, 0.25) is 0 Å². The van der Waals surface area contributed by atoms with E-state index >= 15 is 0 Å². The minimum Gasteiger partial charge on any atom is -0.497 e. The number of rotatable bonds is 10. The van der Waals surface area contributed by atoms with Crippen LogP contribution in [0.3, 0.4) is 0 Å². The van der Waals surface area contributed by atoms with Crippen LogP contribution < -0.4 is 14.8 Å². The Morgan fingerprint density at radius 3 is 2.71 bits per heavy atom. The number of hydrogen-bond donors (Lipinski definition) is 1. The van der Waals surface area contributed by atoms with E-state index in [1.165, 1.54) is 5.69 Å². The Hall–Kier alpha value is -2.86. The summed E-state index contributed by atoms with van der Waals surface area (Å²) in [6.07, 6.45) is 2.79. The number of nitrogens with one attached hydrogen (secondary N) is 1. The fourth-order valence-electron chi connectivity index (χ4n) is 3.08. The lowest BCUT2D eigenvalue weighted by molar-refractivity contribution is 0.296. The van der Waals surface area contributed by atoms with Gasteiger partial charge in [0.2, 0.25) is 0 Å². The average molecular weight is 380 g/mol. The summed E-state index contributed by atoms with van der Waals surface area (Å²) in [6.45, 7) is 7.08. The molecule has 0 amide bonds. The maximum Gasteiger partial charge on any atom is 0.130 e. The predicted octanol–water partition coefficient (Wildman–Crippen LogP) is 3.66. The predicted molar refractivity (Wildman–Crippen MR) is 110 cm³/mol. The molecule has 0 bridgehead atoms. The largest absolute Gasteiger partial charge is 0.497 e. The lowest BCUT2D eigenvalue weighted by atomic mass is 10.2. The van der Waals surface area contributed by atoms with Crippen LogP contribution in [-0.2, 0) is 19.7 Å². The Morgan fingerprint density at radius 1 is 1.11 bits per heavy atom. The minimum atomic E-state index is 0.443. The van der Waals surface area contributed by atoms with Crippen molar-refractivity contribution in [3.05, 3.63) is 71.3 Å². The number of aryl methyl sites for hydroxylation is 3. The molecule has 0 atom stereocenters. The third-order valence-electron chi connectivity index (χ3n) is 4.51. The van der Waals surface area contributed by atoms with Gasteiger partial charge in [0, 0.05) is 30.5 Å². The number of nitrogens with zero attached hydrogens (tertiary/aromatic N) is 3. The Morgan fingerprint density at radius 2 is 2.00 bits per heavy atom.